The van der Waals surface area contributed by atoms with Gasteiger partial charge in [0.25, 0.3) is 0 Å². The van der Waals surface area contributed by atoms with Crippen LogP contribution in [-0.2, 0) is 6.42 Å². The number of aryl methyl sites for hydroxylation is 1. The van der Waals surface area contributed by atoms with Gasteiger partial charge >= 0.3 is 0 Å². The summed E-state index contributed by atoms with van der Waals surface area (Å²) in [6.45, 7) is 4.36. The van der Waals surface area contributed by atoms with Crippen LogP contribution in [-0.4, -0.2) is 14.8 Å². The minimum Gasteiger partial charge on any atom is -0.299 e. The Hall–Kier alpha value is -0.570. The Kier molecular flexibility index (Phi) is 3.85. The molecule has 1 unspecified atom stereocenters. The molecule has 0 aliphatic heterocycles. The number of halogens is 1. The van der Waals surface area contributed by atoms with E-state index in [2.05, 4.69) is 28.6 Å². The smallest absolute Gasteiger partial charge is 0.225 e. The molecule has 1 saturated carbocycles. The first kappa shape index (κ1) is 11.9. The van der Waals surface area contributed by atoms with Crippen LogP contribution in [0.15, 0.2) is 0 Å². The standard InChI is InChI=1S/C12H20ClN3/c1-3-11-14-15-12(13)16(11)9(2)10-7-5-4-6-8-10/h9-10H,3-8H2,1-2H3. The van der Waals surface area contributed by atoms with Crippen LogP contribution < -0.4 is 0 Å². The minimum atomic E-state index is 0.442. The summed E-state index contributed by atoms with van der Waals surface area (Å²) in [4.78, 5) is 0. The second-order valence-electron chi connectivity index (χ2n) is 4.75. The number of rotatable bonds is 3. The van der Waals surface area contributed by atoms with Crippen LogP contribution in [0.5, 0.6) is 0 Å². The maximum Gasteiger partial charge on any atom is 0.225 e. The van der Waals surface area contributed by atoms with E-state index in [9.17, 15) is 0 Å². The van der Waals surface area contributed by atoms with Gasteiger partial charge in [-0.05, 0) is 37.3 Å². The van der Waals surface area contributed by atoms with Crippen LogP contribution in [0.25, 0.3) is 0 Å². The van der Waals surface area contributed by atoms with E-state index in [-0.39, 0.29) is 0 Å². The van der Waals surface area contributed by atoms with Gasteiger partial charge < -0.3 is 0 Å². The van der Waals surface area contributed by atoms with Crippen molar-refractivity contribution in [1.29, 1.82) is 0 Å². The van der Waals surface area contributed by atoms with Gasteiger partial charge in [-0.1, -0.05) is 26.2 Å². The minimum absolute atomic E-state index is 0.442. The fourth-order valence-corrected chi connectivity index (χ4v) is 3.06. The van der Waals surface area contributed by atoms with E-state index in [1.807, 2.05) is 0 Å². The summed E-state index contributed by atoms with van der Waals surface area (Å²) in [5.74, 6) is 1.76. The Labute approximate surface area is 102 Å². The third-order valence-electron chi connectivity index (χ3n) is 3.78. The van der Waals surface area contributed by atoms with Crippen LogP contribution in [0.3, 0.4) is 0 Å². The van der Waals surface area contributed by atoms with Gasteiger partial charge in [-0.15, -0.1) is 10.2 Å². The summed E-state index contributed by atoms with van der Waals surface area (Å²) in [6.07, 6.45) is 7.64. The van der Waals surface area contributed by atoms with Crippen molar-refractivity contribution in [3.05, 3.63) is 11.1 Å². The highest BCUT2D eigenvalue weighted by atomic mass is 35.5. The third kappa shape index (κ3) is 2.24. The molecule has 4 heteroatoms. The summed E-state index contributed by atoms with van der Waals surface area (Å²) in [7, 11) is 0. The van der Waals surface area contributed by atoms with Crippen molar-refractivity contribution in [2.75, 3.05) is 0 Å². The Balaban J connectivity index is 2.18. The van der Waals surface area contributed by atoms with Gasteiger partial charge in [-0.2, -0.15) is 0 Å². The van der Waals surface area contributed by atoms with Gasteiger partial charge in [0.15, 0.2) is 0 Å². The summed E-state index contributed by atoms with van der Waals surface area (Å²) in [5.41, 5.74) is 0. The normalized spacial score (nSPS) is 19.9. The SMILES string of the molecule is CCc1nnc(Cl)n1C(C)C1CCCCC1. The molecule has 0 aromatic carbocycles. The molecule has 1 fully saturated rings. The second kappa shape index (κ2) is 5.17. The van der Waals surface area contributed by atoms with Crippen LogP contribution in [0.1, 0.15) is 57.8 Å². The lowest BCUT2D eigenvalue weighted by molar-refractivity contribution is 0.260. The highest BCUT2D eigenvalue weighted by Crippen LogP contribution is 2.34. The predicted molar refractivity (Wildman–Crippen MR) is 65.7 cm³/mol. The molecule has 1 aliphatic carbocycles. The van der Waals surface area contributed by atoms with Crippen LogP contribution in [0.4, 0.5) is 0 Å². The van der Waals surface area contributed by atoms with E-state index in [1.54, 1.807) is 0 Å². The molecular weight excluding hydrogens is 222 g/mol. The summed E-state index contributed by atoms with van der Waals surface area (Å²) < 4.78 is 2.12. The predicted octanol–water partition coefficient (Wildman–Crippen LogP) is 3.64. The molecule has 90 valence electrons. The van der Waals surface area contributed by atoms with Crippen LogP contribution in [0.2, 0.25) is 5.28 Å². The first-order valence-corrected chi connectivity index (χ1v) is 6.71. The molecule has 1 heterocycles. The van der Waals surface area contributed by atoms with E-state index in [0.717, 1.165) is 18.2 Å². The van der Waals surface area contributed by atoms with Gasteiger partial charge in [0.05, 0.1) is 0 Å². The van der Waals surface area contributed by atoms with Gasteiger partial charge in [-0.3, -0.25) is 4.57 Å². The lowest BCUT2D eigenvalue weighted by Gasteiger charge is -2.29. The Bertz CT molecular complexity index is 342. The first-order chi connectivity index (χ1) is 7.74. The molecule has 0 bridgehead atoms. The first-order valence-electron chi connectivity index (χ1n) is 6.33. The maximum atomic E-state index is 6.13. The van der Waals surface area contributed by atoms with E-state index in [0.29, 0.717) is 11.3 Å². The molecule has 0 amide bonds. The number of aromatic nitrogens is 3. The van der Waals surface area contributed by atoms with Gasteiger partial charge in [0.1, 0.15) is 5.82 Å². The number of hydrogen-bond acceptors (Lipinski definition) is 2. The van der Waals surface area contributed by atoms with Crippen molar-refractivity contribution in [3.8, 4) is 0 Å². The second-order valence-corrected chi connectivity index (χ2v) is 5.09. The largest absolute Gasteiger partial charge is 0.299 e. The zero-order valence-corrected chi connectivity index (χ0v) is 10.9. The fraction of sp³-hybridized carbons (Fsp3) is 0.833. The van der Waals surface area contributed by atoms with Crippen molar-refractivity contribution in [3.63, 3.8) is 0 Å². The fourth-order valence-electron chi connectivity index (χ4n) is 2.77. The molecule has 16 heavy (non-hydrogen) atoms. The van der Waals surface area contributed by atoms with Crippen LogP contribution >= 0.6 is 11.6 Å². The quantitative estimate of drug-likeness (QED) is 0.809. The average molecular weight is 242 g/mol. The topological polar surface area (TPSA) is 30.7 Å². The highest BCUT2D eigenvalue weighted by molar-refractivity contribution is 6.28. The summed E-state index contributed by atoms with van der Waals surface area (Å²) in [6, 6.07) is 0.442. The Morgan fingerprint density at radius 2 is 2.00 bits per heavy atom. The molecule has 1 atom stereocenters. The molecule has 2 rings (SSSR count). The van der Waals surface area contributed by atoms with Gasteiger partial charge in [0, 0.05) is 12.5 Å². The average Bonchev–Trinajstić information content (AvgIpc) is 2.70. The van der Waals surface area contributed by atoms with Crippen molar-refractivity contribution < 1.29 is 0 Å². The third-order valence-corrected chi connectivity index (χ3v) is 4.04. The molecule has 0 radical (unpaired) electrons. The molecule has 0 spiro atoms. The highest BCUT2D eigenvalue weighted by Gasteiger charge is 2.24. The van der Waals surface area contributed by atoms with E-state index in [1.165, 1.54) is 32.1 Å². The number of hydrogen-bond donors (Lipinski definition) is 0. The maximum absolute atomic E-state index is 6.13. The Morgan fingerprint density at radius 3 is 2.62 bits per heavy atom. The zero-order valence-electron chi connectivity index (χ0n) is 10.1. The van der Waals surface area contributed by atoms with Crippen molar-refractivity contribution >= 4 is 11.6 Å². The monoisotopic (exact) mass is 241 g/mol. The molecule has 1 aromatic heterocycles. The van der Waals surface area contributed by atoms with Crippen molar-refractivity contribution in [2.24, 2.45) is 5.92 Å². The summed E-state index contributed by atoms with van der Waals surface area (Å²) in [5, 5.41) is 8.66. The zero-order chi connectivity index (χ0) is 11.5. The van der Waals surface area contributed by atoms with E-state index in [4.69, 9.17) is 11.6 Å². The molecule has 0 N–H and O–H groups in total. The molecule has 3 nitrogen and oxygen atoms in total. The van der Waals surface area contributed by atoms with Gasteiger partial charge in [-0.25, -0.2) is 0 Å². The van der Waals surface area contributed by atoms with E-state index >= 15 is 0 Å². The van der Waals surface area contributed by atoms with E-state index < -0.39 is 0 Å². The molecule has 1 aliphatic rings. The lowest BCUT2D eigenvalue weighted by Crippen LogP contribution is -2.21. The van der Waals surface area contributed by atoms with Crippen molar-refractivity contribution in [1.82, 2.24) is 14.8 Å². The van der Waals surface area contributed by atoms with Crippen LogP contribution in [0, 0.1) is 5.92 Å². The van der Waals surface area contributed by atoms with Crippen molar-refractivity contribution in [2.45, 2.75) is 58.4 Å². The number of nitrogens with zero attached hydrogens (tertiary/aromatic N) is 3. The molecule has 1 aromatic rings. The molecular formula is C12H20ClN3. The lowest BCUT2D eigenvalue weighted by atomic mass is 9.84. The Morgan fingerprint density at radius 1 is 1.31 bits per heavy atom. The molecule has 0 saturated heterocycles. The van der Waals surface area contributed by atoms with Gasteiger partial charge in [0.2, 0.25) is 5.28 Å². The summed E-state index contributed by atoms with van der Waals surface area (Å²) >= 11 is 6.13.